The van der Waals surface area contributed by atoms with E-state index in [2.05, 4.69) is 5.32 Å². The van der Waals surface area contributed by atoms with Crippen LogP contribution in [0.5, 0.6) is 0 Å². The number of morpholine rings is 1. The first-order chi connectivity index (χ1) is 9.39. The number of carbonyl (C=O) groups is 2. The highest BCUT2D eigenvalue weighted by Gasteiger charge is 2.35. The maximum absolute atomic E-state index is 12.2. The van der Waals surface area contributed by atoms with E-state index in [-0.39, 0.29) is 24.3 Å². The van der Waals surface area contributed by atoms with E-state index in [0.717, 1.165) is 12.8 Å². The minimum atomic E-state index is -1.04. The number of amides is 2. The fourth-order valence-corrected chi connectivity index (χ4v) is 2.66. The summed E-state index contributed by atoms with van der Waals surface area (Å²) in [4.78, 5) is 24.7. The molecule has 2 N–H and O–H groups in total. The number of rotatable bonds is 2. The van der Waals surface area contributed by atoms with Crippen LogP contribution in [-0.2, 0) is 14.3 Å². The molecule has 2 fully saturated rings. The number of nitrogens with zero attached hydrogens (tertiary/aromatic N) is 1. The molecule has 114 valence electrons. The molecule has 2 saturated heterocycles. The van der Waals surface area contributed by atoms with E-state index in [1.54, 1.807) is 0 Å². The first-order valence-electron chi connectivity index (χ1n) is 6.91. The Labute approximate surface area is 118 Å². The van der Waals surface area contributed by atoms with Crippen LogP contribution in [0.1, 0.15) is 26.7 Å². The summed E-state index contributed by atoms with van der Waals surface area (Å²) in [7, 11) is 0. The van der Waals surface area contributed by atoms with Crippen molar-refractivity contribution in [2.75, 3.05) is 26.4 Å². The van der Waals surface area contributed by atoms with Crippen LogP contribution in [0.4, 0.5) is 4.79 Å². The SMILES string of the molecule is CC1(C)CC(NC(=O)N2CCOCC2C(=O)O)CCO1. The van der Waals surface area contributed by atoms with Crippen molar-refractivity contribution in [3.63, 3.8) is 0 Å². The van der Waals surface area contributed by atoms with E-state index in [9.17, 15) is 9.59 Å². The van der Waals surface area contributed by atoms with Crippen LogP contribution in [0.3, 0.4) is 0 Å². The average Bonchev–Trinajstić information content (AvgIpc) is 2.37. The summed E-state index contributed by atoms with van der Waals surface area (Å²) in [5.74, 6) is -1.04. The van der Waals surface area contributed by atoms with E-state index >= 15 is 0 Å². The first kappa shape index (κ1) is 15.1. The van der Waals surface area contributed by atoms with Crippen LogP contribution in [0.2, 0.25) is 0 Å². The lowest BCUT2D eigenvalue weighted by Crippen LogP contribution is -2.58. The van der Waals surface area contributed by atoms with Gasteiger partial charge in [-0.2, -0.15) is 0 Å². The predicted molar refractivity (Wildman–Crippen MR) is 70.5 cm³/mol. The summed E-state index contributed by atoms with van der Waals surface area (Å²) in [6, 6.07) is -1.22. The van der Waals surface area contributed by atoms with Crippen LogP contribution in [0.15, 0.2) is 0 Å². The van der Waals surface area contributed by atoms with Crippen molar-refractivity contribution in [2.45, 2.75) is 44.4 Å². The summed E-state index contributed by atoms with van der Waals surface area (Å²) < 4.78 is 10.7. The Morgan fingerprint density at radius 3 is 2.75 bits per heavy atom. The maximum atomic E-state index is 12.2. The Kier molecular flexibility index (Phi) is 4.49. The van der Waals surface area contributed by atoms with E-state index in [1.165, 1.54) is 4.90 Å². The molecule has 0 bridgehead atoms. The van der Waals surface area contributed by atoms with Gasteiger partial charge in [-0.15, -0.1) is 0 Å². The molecule has 0 aromatic heterocycles. The lowest BCUT2D eigenvalue weighted by molar-refractivity contribution is -0.147. The van der Waals surface area contributed by atoms with Crippen LogP contribution in [-0.4, -0.2) is 66.1 Å². The van der Waals surface area contributed by atoms with Gasteiger partial charge in [0.05, 0.1) is 18.8 Å². The number of hydrogen-bond donors (Lipinski definition) is 2. The molecule has 0 aliphatic carbocycles. The van der Waals surface area contributed by atoms with Gasteiger partial charge in [0.15, 0.2) is 6.04 Å². The van der Waals surface area contributed by atoms with E-state index in [1.807, 2.05) is 13.8 Å². The number of hydrogen-bond acceptors (Lipinski definition) is 4. The van der Waals surface area contributed by atoms with Gasteiger partial charge >= 0.3 is 12.0 Å². The highest BCUT2D eigenvalue weighted by atomic mass is 16.5. The van der Waals surface area contributed by atoms with Crippen LogP contribution in [0.25, 0.3) is 0 Å². The Hall–Kier alpha value is -1.34. The quantitative estimate of drug-likeness (QED) is 0.769. The molecule has 7 heteroatoms. The standard InChI is InChI=1S/C13H22N2O5/c1-13(2)7-9(3-5-20-13)14-12(18)15-4-6-19-8-10(15)11(16)17/h9-10H,3-8H2,1-2H3,(H,14,18)(H,16,17). The zero-order valence-electron chi connectivity index (χ0n) is 11.9. The van der Waals surface area contributed by atoms with Crippen molar-refractivity contribution in [3.05, 3.63) is 0 Å². The van der Waals surface area contributed by atoms with Crippen LogP contribution < -0.4 is 5.32 Å². The van der Waals surface area contributed by atoms with Gasteiger partial charge in [-0.1, -0.05) is 0 Å². The zero-order chi connectivity index (χ0) is 14.8. The molecule has 7 nitrogen and oxygen atoms in total. The average molecular weight is 286 g/mol. The third-order valence-corrected chi connectivity index (χ3v) is 3.70. The normalized spacial score (nSPS) is 29.8. The van der Waals surface area contributed by atoms with Gasteiger partial charge < -0.3 is 24.8 Å². The summed E-state index contributed by atoms with van der Waals surface area (Å²) in [6.07, 6.45) is 1.47. The Morgan fingerprint density at radius 2 is 2.10 bits per heavy atom. The fraction of sp³-hybridized carbons (Fsp3) is 0.846. The molecule has 2 aliphatic rings. The van der Waals surface area contributed by atoms with Crippen molar-refractivity contribution in [2.24, 2.45) is 0 Å². The Bertz CT molecular complexity index is 385. The van der Waals surface area contributed by atoms with Gasteiger partial charge in [0, 0.05) is 19.2 Å². The topological polar surface area (TPSA) is 88.1 Å². The summed E-state index contributed by atoms with van der Waals surface area (Å²) in [6.45, 7) is 5.29. The van der Waals surface area contributed by atoms with Crippen molar-refractivity contribution < 1.29 is 24.2 Å². The fourth-order valence-electron chi connectivity index (χ4n) is 2.66. The van der Waals surface area contributed by atoms with E-state index in [4.69, 9.17) is 14.6 Å². The molecule has 2 heterocycles. The van der Waals surface area contributed by atoms with Crippen molar-refractivity contribution in [3.8, 4) is 0 Å². The number of nitrogens with one attached hydrogen (secondary N) is 1. The predicted octanol–water partition coefficient (Wildman–Crippen LogP) is 0.439. The summed E-state index contributed by atoms with van der Waals surface area (Å²) >= 11 is 0. The Balaban J connectivity index is 1.94. The molecule has 2 atom stereocenters. The molecule has 0 aromatic carbocycles. The molecule has 2 rings (SSSR count). The smallest absolute Gasteiger partial charge is 0.328 e. The second-order valence-corrected chi connectivity index (χ2v) is 5.87. The van der Waals surface area contributed by atoms with Crippen molar-refractivity contribution >= 4 is 12.0 Å². The molecular formula is C13H22N2O5. The number of carbonyl (C=O) groups excluding carboxylic acids is 1. The summed E-state index contributed by atoms with van der Waals surface area (Å²) in [5.41, 5.74) is -0.257. The number of urea groups is 1. The molecule has 0 spiro atoms. The van der Waals surface area contributed by atoms with Crippen LogP contribution in [0, 0.1) is 0 Å². The minimum absolute atomic E-state index is 0.0172. The molecular weight excluding hydrogens is 264 g/mol. The highest BCUT2D eigenvalue weighted by molar-refractivity contribution is 5.83. The zero-order valence-corrected chi connectivity index (χ0v) is 11.9. The molecule has 0 saturated carbocycles. The largest absolute Gasteiger partial charge is 0.480 e. The molecule has 2 aliphatic heterocycles. The first-order valence-corrected chi connectivity index (χ1v) is 6.91. The van der Waals surface area contributed by atoms with Gasteiger partial charge in [0.1, 0.15) is 0 Å². The number of carboxylic acid groups (broad SMARTS) is 1. The van der Waals surface area contributed by atoms with E-state index < -0.39 is 12.0 Å². The lowest BCUT2D eigenvalue weighted by Gasteiger charge is -2.38. The lowest BCUT2D eigenvalue weighted by atomic mass is 9.94. The minimum Gasteiger partial charge on any atom is -0.480 e. The third-order valence-electron chi connectivity index (χ3n) is 3.70. The highest BCUT2D eigenvalue weighted by Crippen LogP contribution is 2.24. The second-order valence-electron chi connectivity index (χ2n) is 5.87. The van der Waals surface area contributed by atoms with Gasteiger partial charge in [-0.05, 0) is 26.7 Å². The molecule has 0 aromatic rings. The molecule has 20 heavy (non-hydrogen) atoms. The van der Waals surface area contributed by atoms with Gasteiger partial charge in [-0.3, -0.25) is 0 Å². The maximum Gasteiger partial charge on any atom is 0.328 e. The van der Waals surface area contributed by atoms with Gasteiger partial charge in [0.25, 0.3) is 0 Å². The van der Waals surface area contributed by atoms with Gasteiger partial charge in [-0.25, -0.2) is 9.59 Å². The van der Waals surface area contributed by atoms with Crippen molar-refractivity contribution in [1.82, 2.24) is 10.2 Å². The monoisotopic (exact) mass is 286 g/mol. The summed E-state index contributed by atoms with van der Waals surface area (Å²) in [5, 5.41) is 12.0. The molecule has 0 radical (unpaired) electrons. The third kappa shape index (κ3) is 3.61. The molecule has 2 amide bonds. The van der Waals surface area contributed by atoms with Crippen LogP contribution >= 0.6 is 0 Å². The Morgan fingerprint density at radius 1 is 1.35 bits per heavy atom. The number of ether oxygens (including phenoxy) is 2. The molecule has 2 unspecified atom stereocenters. The number of carboxylic acids is 1. The van der Waals surface area contributed by atoms with E-state index in [0.29, 0.717) is 19.8 Å². The van der Waals surface area contributed by atoms with Gasteiger partial charge in [0.2, 0.25) is 0 Å². The van der Waals surface area contributed by atoms with Crippen molar-refractivity contribution in [1.29, 1.82) is 0 Å². The second kappa shape index (κ2) is 5.97. The number of aliphatic carboxylic acids is 1.